The lowest BCUT2D eigenvalue weighted by Crippen LogP contribution is -2.28. The van der Waals surface area contributed by atoms with Crippen LogP contribution in [0.15, 0.2) is 30.3 Å². The molecule has 4 rings (SSSR count). The van der Waals surface area contributed by atoms with Crippen molar-refractivity contribution in [2.75, 3.05) is 26.1 Å². The van der Waals surface area contributed by atoms with E-state index in [0.717, 1.165) is 24.0 Å². The number of rotatable bonds is 4. The summed E-state index contributed by atoms with van der Waals surface area (Å²) in [6.07, 6.45) is 1.66. The SMILES string of the molecule is COc1cc2c(cc1OC)[C@@H](NC(=O)c1ccc3c(c1)NC(=O)CO3)CC2. The third kappa shape index (κ3) is 3.16. The van der Waals surface area contributed by atoms with Crippen LogP contribution in [0.2, 0.25) is 0 Å². The number of benzene rings is 2. The summed E-state index contributed by atoms with van der Waals surface area (Å²) >= 11 is 0. The molecule has 0 aromatic heterocycles. The molecule has 0 unspecified atom stereocenters. The van der Waals surface area contributed by atoms with Gasteiger partial charge in [0.2, 0.25) is 0 Å². The van der Waals surface area contributed by atoms with Gasteiger partial charge in [0.15, 0.2) is 18.1 Å². The van der Waals surface area contributed by atoms with E-state index in [9.17, 15) is 9.59 Å². The maximum absolute atomic E-state index is 12.7. The van der Waals surface area contributed by atoms with Crippen molar-refractivity contribution in [2.24, 2.45) is 0 Å². The van der Waals surface area contributed by atoms with Crippen molar-refractivity contribution in [3.8, 4) is 17.2 Å². The molecule has 140 valence electrons. The molecule has 27 heavy (non-hydrogen) atoms. The van der Waals surface area contributed by atoms with Gasteiger partial charge in [-0.05, 0) is 54.3 Å². The average Bonchev–Trinajstić information content (AvgIpc) is 3.07. The number of carbonyl (C=O) groups is 2. The first-order valence-electron chi connectivity index (χ1n) is 8.71. The van der Waals surface area contributed by atoms with Crippen LogP contribution >= 0.6 is 0 Å². The molecule has 0 saturated carbocycles. The number of hydrogen-bond acceptors (Lipinski definition) is 5. The zero-order valence-electron chi connectivity index (χ0n) is 15.1. The molecule has 7 heteroatoms. The number of nitrogens with one attached hydrogen (secondary N) is 2. The van der Waals surface area contributed by atoms with Crippen LogP contribution < -0.4 is 24.8 Å². The summed E-state index contributed by atoms with van der Waals surface area (Å²) in [5, 5.41) is 5.79. The van der Waals surface area contributed by atoms with Crippen molar-refractivity contribution in [1.82, 2.24) is 5.32 Å². The molecule has 2 N–H and O–H groups in total. The van der Waals surface area contributed by atoms with E-state index < -0.39 is 0 Å². The van der Waals surface area contributed by atoms with Crippen LogP contribution in [0.1, 0.15) is 33.9 Å². The number of anilines is 1. The molecule has 1 aliphatic carbocycles. The van der Waals surface area contributed by atoms with Gasteiger partial charge in [0, 0.05) is 5.56 Å². The lowest BCUT2D eigenvalue weighted by molar-refractivity contribution is -0.118. The molecule has 0 spiro atoms. The van der Waals surface area contributed by atoms with Crippen molar-refractivity contribution < 1.29 is 23.8 Å². The average molecular weight is 368 g/mol. The first-order chi connectivity index (χ1) is 13.1. The smallest absolute Gasteiger partial charge is 0.262 e. The number of aryl methyl sites for hydroxylation is 1. The Kier molecular flexibility index (Phi) is 4.35. The Hall–Kier alpha value is -3.22. The van der Waals surface area contributed by atoms with E-state index in [1.807, 2.05) is 12.1 Å². The van der Waals surface area contributed by atoms with Gasteiger partial charge in [-0.15, -0.1) is 0 Å². The van der Waals surface area contributed by atoms with Gasteiger partial charge < -0.3 is 24.8 Å². The van der Waals surface area contributed by atoms with Gasteiger partial charge >= 0.3 is 0 Å². The fourth-order valence-electron chi connectivity index (χ4n) is 3.55. The highest BCUT2D eigenvalue weighted by Crippen LogP contribution is 2.39. The van der Waals surface area contributed by atoms with Crippen LogP contribution in [0.5, 0.6) is 17.2 Å². The van der Waals surface area contributed by atoms with Crippen LogP contribution in [-0.4, -0.2) is 32.6 Å². The van der Waals surface area contributed by atoms with Crippen molar-refractivity contribution in [1.29, 1.82) is 0 Å². The van der Waals surface area contributed by atoms with Gasteiger partial charge in [-0.1, -0.05) is 0 Å². The first kappa shape index (κ1) is 17.2. The van der Waals surface area contributed by atoms with Crippen LogP contribution in [0, 0.1) is 0 Å². The second-order valence-electron chi connectivity index (χ2n) is 6.52. The van der Waals surface area contributed by atoms with Crippen LogP contribution in [0.4, 0.5) is 5.69 Å². The Labute approximate surface area is 156 Å². The van der Waals surface area contributed by atoms with Crippen molar-refractivity contribution in [3.05, 3.63) is 47.0 Å². The topological polar surface area (TPSA) is 85.9 Å². The molecule has 1 aliphatic heterocycles. The number of methoxy groups -OCH3 is 2. The second kappa shape index (κ2) is 6.83. The molecular weight excluding hydrogens is 348 g/mol. The summed E-state index contributed by atoms with van der Waals surface area (Å²) in [6, 6.07) is 8.80. The molecule has 2 aliphatic rings. The van der Waals surface area contributed by atoms with Crippen LogP contribution in [0.3, 0.4) is 0 Å². The van der Waals surface area contributed by atoms with Crippen molar-refractivity contribution in [3.63, 3.8) is 0 Å². The zero-order valence-corrected chi connectivity index (χ0v) is 15.1. The Bertz CT molecular complexity index is 925. The monoisotopic (exact) mass is 368 g/mol. The zero-order chi connectivity index (χ0) is 19.0. The highest BCUT2D eigenvalue weighted by Gasteiger charge is 2.27. The van der Waals surface area contributed by atoms with E-state index in [1.165, 1.54) is 0 Å². The summed E-state index contributed by atoms with van der Waals surface area (Å²) in [5.74, 6) is 1.46. The van der Waals surface area contributed by atoms with Gasteiger partial charge in [-0.25, -0.2) is 0 Å². The first-order valence-corrected chi connectivity index (χ1v) is 8.71. The lowest BCUT2D eigenvalue weighted by Gasteiger charge is -2.19. The minimum absolute atomic E-state index is 0.0112. The molecule has 0 saturated heterocycles. The van der Waals surface area contributed by atoms with Crippen LogP contribution in [0.25, 0.3) is 0 Å². The molecule has 1 heterocycles. The second-order valence-corrected chi connectivity index (χ2v) is 6.52. The summed E-state index contributed by atoms with van der Waals surface area (Å²) in [4.78, 5) is 24.2. The molecule has 0 fully saturated rings. The van der Waals surface area contributed by atoms with Crippen LogP contribution in [-0.2, 0) is 11.2 Å². The molecule has 0 bridgehead atoms. The van der Waals surface area contributed by atoms with E-state index in [4.69, 9.17) is 14.2 Å². The van der Waals surface area contributed by atoms with E-state index >= 15 is 0 Å². The predicted octanol–water partition coefficient (Wildman–Crippen LogP) is 2.45. The number of ether oxygens (including phenoxy) is 3. The highest BCUT2D eigenvalue weighted by atomic mass is 16.5. The number of fused-ring (bicyclic) bond motifs is 2. The molecular formula is C20H20N2O5. The maximum Gasteiger partial charge on any atom is 0.262 e. The minimum Gasteiger partial charge on any atom is -0.493 e. The molecule has 1 atom stereocenters. The van der Waals surface area contributed by atoms with Gasteiger partial charge in [-0.2, -0.15) is 0 Å². The fourth-order valence-corrected chi connectivity index (χ4v) is 3.55. The third-order valence-electron chi connectivity index (χ3n) is 4.90. The quantitative estimate of drug-likeness (QED) is 0.866. The number of hydrogen-bond donors (Lipinski definition) is 2. The minimum atomic E-state index is -0.231. The summed E-state index contributed by atoms with van der Waals surface area (Å²) in [7, 11) is 3.20. The largest absolute Gasteiger partial charge is 0.493 e. The third-order valence-corrected chi connectivity index (χ3v) is 4.90. The molecule has 7 nitrogen and oxygen atoms in total. The Balaban J connectivity index is 1.55. The van der Waals surface area contributed by atoms with Gasteiger partial charge in [0.25, 0.3) is 11.8 Å². The molecule has 0 radical (unpaired) electrons. The molecule has 2 amide bonds. The number of amides is 2. The van der Waals surface area contributed by atoms with E-state index in [1.54, 1.807) is 32.4 Å². The van der Waals surface area contributed by atoms with E-state index in [-0.39, 0.29) is 24.5 Å². The standard InChI is InChI=1S/C20H20N2O5/c1-25-17-8-11-3-5-14(13(11)9-18(17)26-2)22-20(24)12-4-6-16-15(7-12)21-19(23)10-27-16/h4,6-9,14H,3,5,10H2,1-2H3,(H,21,23)(H,22,24)/t14-/m0/s1. The van der Waals surface area contributed by atoms with E-state index in [2.05, 4.69) is 10.6 Å². The normalized spacial score (nSPS) is 17.3. The van der Waals surface area contributed by atoms with Gasteiger partial charge in [0.1, 0.15) is 5.75 Å². The van der Waals surface area contributed by atoms with Crippen molar-refractivity contribution >= 4 is 17.5 Å². The Morgan fingerprint density at radius 1 is 1.19 bits per heavy atom. The highest BCUT2D eigenvalue weighted by molar-refractivity contribution is 6.00. The Morgan fingerprint density at radius 3 is 2.74 bits per heavy atom. The van der Waals surface area contributed by atoms with Gasteiger partial charge in [0.05, 0.1) is 25.9 Å². The molecule has 2 aromatic carbocycles. The number of carbonyl (C=O) groups excluding carboxylic acids is 2. The summed E-state index contributed by atoms with van der Waals surface area (Å²) < 4.78 is 16.1. The molecule has 2 aromatic rings. The maximum atomic E-state index is 12.7. The summed E-state index contributed by atoms with van der Waals surface area (Å²) in [6.45, 7) is -0.0112. The predicted molar refractivity (Wildman–Crippen MR) is 98.6 cm³/mol. The van der Waals surface area contributed by atoms with E-state index in [0.29, 0.717) is 28.5 Å². The Morgan fingerprint density at radius 2 is 1.96 bits per heavy atom. The van der Waals surface area contributed by atoms with Gasteiger partial charge in [-0.3, -0.25) is 9.59 Å². The van der Waals surface area contributed by atoms with Crippen molar-refractivity contribution in [2.45, 2.75) is 18.9 Å². The summed E-state index contributed by atoms with van der Waals surface area (Å²) in [5.41, 5.74) is 3.16. The fraction of sp³-hybridized carbons (Fsp3) is 0.300. The lowest BCUT2D eigenvalue weighted by atomic mass is 10.1.